The molecule has 2 nitrogen and oxygen atoms in total. The van der Waals surface area contributed by atoms with Gasteiger partial charge in [-0.3, -0.25) is 0 Å². The molecular formula is C17H17ClFNO. The van der Waals surface area contributed by atoms with Crippen LogP contribution in [0.4, 0.5) is 10.1 Å². The fraction of sp³-hybridized carbons (Fsp3) is 0.176. The highest BCUT2D eigenvalue weighted by atomic mass is 35.5. The number of anilines is 1. The third-order valence-corrected chi connectivity index (χ3v) is 3.15. The van der Waals surface area contributed by atoms with E-state index in [9.17, 15) is 4.39 Å². The number of benzene rings is 2. The zero-order valence-electron chi connectivity index (χ0n) is 12.0. The molecule has 0 saturated heterocycles. The molecule has 2 aromatic rings. The van der Waals surface area contributed by atoms with Gasteiger partial charge in [-0.1, -0.05) is 29.8 Å². The van der Waals surface area contributed by atoms with Crippen LogP contribution in [0, 0.1) is 5.82 Å². The molecule has 110 valence electrons. The zero-order valence-corrected chi connectivity index (χ0v) is 12.7. The molecule has 0 amide bonds. The second kappa shape index (κ2) is 7.14. The van der Waals surface area contributed by atoms with Crippen molar-refractivity contribution in [1.29, 1.82) is 0 Å². The molecule has 0 atom stereocenters. The lowest BCUT2D eigenvalue weighted by Gasteiger charge is -2.12. The van der Waals surface area contributed by atoms with Crippen molar-refractivity contribution in [3.63, 3.8) is 0 Å². The molecule has 0 saturated carbocycles. The Bertz CT molecular complexity index is 651. The van der Waals surface area contributed by atoms with Gasteiger partial charge in [-0.15, -0.1) is 0 Å². The first-order valence-electron chi connectivity index (χ1n) is 6.59. The van der Waals surface area contributed by atoms with Crippen molar-refractivity contribution in [3.05, 3.63) is 64.4 Å². The molecule has 0 aliphatic carbocycles. The Balaban J connectivity index is 2.22. The van der Waals surface area contributed by atoms with Crippen molar-refractivity contribution in [2.75, 3.05) is 12.4 Å². The molecule has 0 unspecified atom stereocenters. The van der Waals surface area contributed by atoms with Gasteiger partial charge in [0.25, 0.3) is 0 Å². The van der Waals surface area contributed by atoms with Gasteiger partial charge in [0, 0.05) is 11.6 Å². The van der Waals surface area contributed by atoms with Crippen LogP contribution in [0.1, 0.15) is 18.1 Å². The van der Waals surface area contributed by atoms with Gasteiger partial charge in [-0.05, 0) is 48.4 Å². The Labute approximate surface area is 129 Å². The lowest BCUT2D eigenvalue weighted by Crippen LogP contribution is -2.03. The summed E-state index contributed by atoms with van der Waals surface area (Å²) < 4.78 is 18.7. The van der Waals surface area contributed by atoms with Crippen molar-refractivity contribution < 1.29 is 9.13 Å². The fourth-order valence-electron chi connectivity index (χ4n) is 2.06. The third kappa shape index (κ3) is 4.23. The number of methoxy groups -OCH3 is 1. The topological polar surface area (TPSA) is 21.3 Å². The highest BCUT2D eigenvalue weighted by Crippen LogP contribution is 2.25. The SMILES string of the molecule is COc1ccccc1NCc1ccc(F)cc1/C=C(/C)Cl. The summed E-state index contributed by atoms with van der Waals surface area (Å²) in [6.45, 7) is 2.32. The highest BCUT2D eigenvalue weighted by Gasteiger charge is 2.05. The summed E-state index contributed by atoms with van der Waals surface area (Å²) in [4.78, 5) is 0. The predicted octanol–water partition coefficient (Wildman–Crippen LogP) is 5.05. The first-order chi connectivity index (χ1) is 10.1. The molecule has 0 fully saturated rings. The van der Waals surface area contributed by atoms with Crippen LogP contribution in [-0.2, 0) is 6.54 Å². The van der Waals surface area contributed by atoms with Gasteiger partial charge in [0.2, 0.25) is 0 Å². The maximum atomic E-state index is 13.4. The van der Waals surface area contributed by atoms with Gasteiger partial charge < -0.3 is 10.1 Å². The van der Waals surface area contributed by atoms with E-state index in [0.717, 1.165) is 22.6 Å². The average molecular weight is 306 g/mol. The second-order valence-electron chi connectivity index (χ2n) is 4.63. The Morgan fingerprint density at radius 2 is 2.05 bits per heavy atom. The van der Waals surface area contributed by atoms with Gasteiger partial charge in [0.05, 0.1) is 12.8 Å². The van der Waals surface area contributed by atoms with Crippen LogP contribution in [-0.4, -0.2) is 7.11 Å². The van der Waals surface area contributed by atoms with E-state index in [0.29, 0.717) is 11.6 Å². The summed E-state index contributed by atoms with van der Waals surface area (Å²) in [5.74, 6) is 0.491. The average Bonchev–Trinajstić information content (AvgIpc) is 2.46. The van der Waals surface area contributed by atoms with Crippen molar-refractivity contribution in [3.8, 4) is 5.75 Å². The quantitative estimate of drug-likeness (QED) is 0.835. The standard InChI is InChI=1S/C17H17ClFNO/c1-12(18)9-14-10-15(19)8-7-13(14)11-20-16-5-3-4-6-17(16)21-2/h3-10,20H,11H2,1-2H3/b12-9-. The van der Waals surface area contributed by atoms with E-state index >= 15 is 0 Å². The number of allylic oxidation sites excluding steroid dienone is 1. The molecule has 0 spiro atoms. The van der Waals surface area contributed by atoms with Crippen LogP contribution in [0.3, 0.4) is 0 Å². The van der Waals surface area contributed by atoms with Gasteiger partial charge in [-0.2, -0.15) is 0 Å². The maximum Gasteiger partial charge on any atom is 0.141 e. The fourth-order valence-corrected chi connectivity index (χ4v) is 2.17. The van der Waals surface area contributed by atoms with E-state index in [1.54, 1.807) is 26.2 Å². The molecular weight excluding hydrogens is 289 g/mol. The zero-order chi connectivity index (χ0) is 15.2. The minimum Gasteiger partial charge on any atom is -0.495 e. The van der Waals surface area contributed by atoms with Gasteiger partial charge in [0.1, 0.15) is 11.6 Å². The molecule has 2 rings (SSSR count). The van der Waals surface area contributed by atoms with Gasteiger partial charge in [0.15, 0.2) is 0 Å². The molecule has 0 aromatic heterocycles. The Morgan fingerprint density at radius 1 is 1.29 bits per heavy atom. The number of nitrogens with one attached hydrogen (secondary N) is 1. The summed E-state index contributed by atoms with van der Waals surface area (Å²) in [5, 5.41) is 3.90. The molecule has 4 heteroatoms. The number of ether oxygens (including phenoxy) is 1. The predicted molar refractivity (Wildman–Crippen MR) is 86.2 cm³/mol. The lowest BCUT2D eigenvalue weighted by molar-refractivity contribution is 0.416. The summed E-state index contributed by atoms with van der Waals surface area (Å²) in [6, 6.07) is 12.3. The Hall–Kier alpha value is -2.00. The van der Waals surface area contributed by atoms with Crippen molar-refractivity contribution in [2.45, 2.75) is 13.5 Å². The molecule has 0 bridgehead atoms. The van der Waals surface area contributed by atoms with Crippen molar-refractivity contribution in [1.82, 2.24) is 0 Å². The van der Waals surface area contributed by atoms with Gasteiger partial charge >= 0.3 is 0 Å². The third-order valence-electron chi connectivity index (χ3n) is 3.04. The molecule has 21 heavy (non-hydrogen) atoms. The number of hydrogen-bond acceptors (Lipinski definition) is 2. The van der Waals surface area contributed by atoms with E-state index in [2.05, 4.69) is 5.32 Å². The van der Waals surface area contributed by atoms with Crippen LogP contribution in [0.5, 0.6) is 5.75 Å². The minimum atomic E-state index is -0.278. The Morgan fingerprint density at radius 3 is 2.76 bits per heavy atom. The first-order valence-corrected chi connectivity index (χ1v) is 6.97. The lowest BCUT2D eigenvalue weighted by atomic mass is 10.1. The largest absolute Gasteiger partial charge is 0.495 e. The molecule has 0 aliphatic rings. The molecule has 1 N–H and O–H groups in total. The van der Waals surface area contributed by atoms with Crippen LogP contribution in [0.15, 0.2) is 47.5 Å². The normalized spacial score (nSPS) is 11.3. The van der Waals surface area contributed by atoms with Gasteiger partial charge in [-0.25, -0.2) is 4.39 Å². The van der Waals surface area contributed by atoms with Crippen LogP contribution in [0.25, 0.3) is 6.08 Å². The van der Waals surface area contributed by atoms with Crippen molar-refractivity contribution >= 4 is 23.4 Å². The maximum absolute atomic E-state index is 13.4. The van der Waals surface area contributed by atoms with E-state index < -0.39 is 0 Å². The smallest absolute Gasteiger partial charge is 0.141 e. The van der Waals surface area contributed by atoms with E-state index in [4.69, 9.17) is 16.3 Å². The van der Waals surface area contributed by atoms with E-state index in [1.807, 2.05) is 24.3 Å². The minimum absolute atomic E-state index is 0.278. The van der Waals surface area contributed by atoms with E-state index in [-0.39, 0.29) is 5.82 Å². The summed E-state index contributed by atoms with van der Waals surface area (Å²) in [6.07, 6.45) is 1.75. The molecule has 0 heterocycles. The van der Waals surface area contributed by atoms with Crippen molar-refractivity contribution in [2.24, 2.45) is 0 Å². The number of halogens is 2. The summed E-state index contributed by atoms with van der Waals surface area (Å²) in [5.41, 5.74) is 2.62. The van der Waals surface area contributed by atoms with Crippen LogP contribution in [0.2, 0.25) is 0 Å². The van der Waals surface area contributed by atoms with E-state index in [1.165, 1.54) is 12.1 Å². The second-order valence-corrected chi connectivity index (χ2v) is 5.22. The molecule has 2 aromatic carbocycles. The number of rotatable bonds is 5. The van der Waals surface area contributed by atoms with Crippen LogP contribution < -0.4 is 10.1 Å². The number of hydrogen-bond donors (Lipinski definition) is 1. The van der Waals surface area contributed by atoms with Crippen LogP contribution >= 0.6 is 11.6 Å². The Kier molecular flexibility index (Phi) is 5.23. The first kappa shape index (κ1) is 15.4. The molecule has 0 radical (unpaired) electrons. The summed E-state index contributed by atoms with van der Waals surface area (Å²) in [7, 11) is 1.63. The highest BCUT2D eigenvalue weighted by molar-refractivity contribution is 6.31. The molecule has 0 aliphatic heterocycles. The number of para-hydroxylation sites is 2. The summed E-state index contributed by atoms with van der Waals surface area (Å²) >= 11 is 5.90. The monoisotopic (exact) mass is 305 g/mol.